The number of esters is 1. The van der Waals surface area contributed by atoms with E-state index in [9.17, 15) is 50.7 Å². The molecule has 0 unspecified atom stereocenters. The fourth-order valence-corrected chi connectivity index (χ4v) is 7.13. The van der Waals surface area contributed by atoms with Crippen molar-refractivity contribution in [3.05, 3.63) is 74.9 Å². The molecule has 49 heavy (non-hydrogen) atoms. The van der Waals surface area contributed by atoms with Gasteiger partial charge in [0.15, 0.2) is 5.78 Å². The zero-order valence-corrected chi connectivity index (χ0v) is 27.9. The minimum atomic E-state index is -5.11. The summed E-state index contributed by atoms with van der Waals surface area (Å²) in [6, 6.07) is 6.99. The maximum atomic E-state index is 14.1. The average molecular weight is 714 g/mol. The summed E-state index contributed by atoms with van der Waals surface area (Å²) in [4.78, 5) is 28.0. The van der Waals surface area contributed by atoms with Gasteiger partial charge in [0.05, 0.1) is 57.2 Å². The molecule has 2 N–H and O–H groups in total. The smallest absolute Gasteiger partial charge is 0.416 e. The number of ketones is 1. The number of piperidine rings is 1. The molecule has 0 aliphatic carbocycles. The second kappa shape index (κ2) is 14.1. The SMILES string of the molecule is CCOC(=O)CN1CCC(O)(c2sc(-c3ccc(F)cc3C)c(NCC(=O)C(C)(C)c3cc(C(F)(F)F)cc(C(F)(F)F)c3)c2C#N)CC1. The number of anilines is 1. The minimum Gasteiger partial charge on any atom is -0.465 e. The predicted molar refractivity (Wildman–Crippen MR) is 168 cm³/mol. The van der Waals surface area contributed by atoms with Crippen LogP contribution in [0.25, 0.3) is 10.4 Å². The molecule has 0 amide bonds. The number of Topliss-reactive ketones (excluding diaryl/α,β-unsaturated/α-hetero) is 1. The molecule has 0 saturated carbocycles. The van der Waals surface area contributed by atoms with Crippen molar-refractivity contribution in [1.82, 2.24) is 4.90 Å². The van der Waals surface area contributed by atoms with E-state index in [2.05, 4.69) is 11.4 Å². The first-order valence-electron chi connectivity index (χ1n) is 15.2. The van der Waals surface area contributed by atoms with E-state index in [-0.39, 0.29) is 61.3 Å². The second-order valence-electron chi connectivity index (χ2n) is 12.4. The van der Waals surface area contributed by atoms with Crippen molar-refractivity contribution in [2.24, 2.45) is 0 Å². The highest BCUT2D eigenvalue weighted by molar-refractivity contribution is 7.16. The van der Waals surface area contributed by atoms with Crippen LogP contribution in [0, 0.1) is 24.1 Å². The number of nitrogens with one attached hydrogen (secondary N) is 1. The minimum absolute atomic E-state index is 0.0144. The van der Waals surface area contributed by atoms with Gasteiger partial charge in [-0.1, -0.05) is 6.07 Å². The van der Waals surface area contributed by atoms with Crippen LogP contribution >= 0.6 is 11.3 Å². The van der Waals surface area contributed by atoms with Gasteiger partial charge >= 0.3 is 18.3 Å². The fourth-order valence-electron chi connectivity index (χ4n) is 5.67. The lowest BCUT2D eigenvalue weighted by Gasteiger charge is -2.37. The van der Waals surface area contributed by atoms with Gasteiger partial charge in [0, 0.05) is 13.1 Å². The highest BCUT2D eigenvalue weighted by Crippen LogP contribution is 2.49. The quantitative estimate of drug-likeness (QED) is 0.165. The summed E-state index contributed by atoms with van der Waals surface area (Å²) in [5, 5.41) is 25.0. The highest BCUT2D eigenvalue weighted by atomic mass is 32.1. The maximum absolute atomic E-state index is 14.1. The van der Waals surface area contributed by atoms with Gasteiger partial charge in [0.2, 0.25) is 0 Å². The van der Waals surface area contributed by atoms with Crippen LogP contribution in [0.2, 0.25) is 0 Å². The van der Waals surface area contributed by atoms with Gasteiger partial charge < -0.3 is 15.2 Å². The topological polar surface area (TPSA) is 103 Å². The van der Waals surface area contributed by atoms with Crippen molar-refractivity contribution in [2.75, 3.05) is 38.1 Å². The Bertz CT molecular complexity index is 1740. The fraction of sp³-hybridized carbons (Fsp3) is 0.441. The largest absolute Gasteiger partial charge is 0.465 e. The van der Waals surface area contributed by atoms with Crippen LogP contribution in [0.3, 0.4) is 0 Å². The first kappa shape index (κ1) is 37.8. The molecule has 2 aromatic carbocycles. The summed E-state index contributed by atoms with van der Waals surface area (Å²) in [6.45, 7) is 5.90. The van der Waals surface area contributed by atoms with Crippen LogP contribution in [-0.4, -0.2) is 54.5 Å². The Balaban J connectivity index is 1.72. The Morgan fingerprint density at radius 1 is 1.02 bits per heavy atom. The lowest BCUT2D eigenvalue weighted by Crippen LogP contribution is -2.44. The van der Waals surface area contributed by atoms with Crippen LogP contribution in [0.5, 0.6) is 0 Å². The summed E-state index contributed by atoms with van der Waals surface area (Å²) in [6.07, 6.45) is -9.96. The monoisotopic (exact) mass is 713 g/mol. The molecular formula is C34H34F7N3O4S. The molecule has 0 radical (unpaired) electrons. The summed E-state index contributed by atoms with van der Waals surface area (Å²) in [5.74, 6) is -1.74. The number of aliphatic hydroxyl groups is 1. The van der Waals surface area contributed by atoms with Crippen LogP contribution in [-0.2, 0) is 37.7 Å². The van der Waals surface area contributed by atoms with E-state index in [0.29, 0.717) is 28.1 Å². The number of likely N-dealkylation sites (tertiary alicyclic amines) is 1. The van der Waals surface area contributed by atoms with Crippen molar-refractivity contribution >= 4 is 28.8 Å². The number of hydrogen-bond acceptors (Lipinski definition) is 8. The lowest BCUT2D eigenvalue weighted by molar-refractivity contribution is -0.146. The van der Waals surface area contributed by atoms with E-state index in [0.717, 1.165) is 11.3 Å². The standard InChI is InChI=1S/C34H34F7N3O4S/c1-5-48-27(46)18-44-10-8-32(47,9-11-44)30-25(16-42)28(29(49-30)24-7-6-23(35)12-19(24)2)43-17-26(45)31(3,4)20-13-21(33(36,37)38)15-22(14-20)34(39,40)41/h6-7,12-15,43,47H,5,8-11,17-18H2,1-4H3. The van der Waals surface area contributed by atoms with Crippen molar-refractivity contribution in [2.45, 2.75) is 63.9 Å². The van der Waals surface area contributed by atoms with Crippen LogP contribution in [0.1, 0.15) is 66.3 Å². The Hall–Kier alpha value is -4.00. The number of ether oxygens (including phenoxy) is 1. The number of carbonyl (C=O) groups excluding carboxylic acids is 2. The van der Waals surface area contributed by atoms with E-state index in [1.54, 1.807) is 18.7 Å². The predicted octanol–water partition coefficient (Wildman–Crippen LogP) is 7.58. The molecular weight excluding hydrogens is 679 g/mol. The Morgan fingerprint density at radius 2 is 1.59 bits per heavy atom. The third-order valence-electron chi connectivity index (χ3n) is 8.65. The van der Waals surface area contributed by atoms with Gasteiger partial charge in [0.1, 0.15) is 17.5 Å². The van der Waals surface area contributed by atoms with E-state index < -0.39 is 64.2 Å². The Kier molecular flexibility index (Phi) is 10.9. The molecule has 15 heteroatoms. The zero-order chi connectivity index (χ0) is 36.5. The van der Waals surface area contributed by atoms with Gasteiger partial charge in [0.25, 0.3) is 0 Å². The number of carbonyl (C=O) groups is 2. The van der Waals surface area contributed by atoms with Crippen LogP contribution < -0.4 is 5.32 Å². The third kappa shape index (κ3) is 8.25. The number of aryl methyl sites for hydroxylation is 1. The number of halogens is 7. The molecule has 264 valence electrons. The van der Waals surface area contributed by atoms with E-state index in [1.165, 1.54) is 32.0 Å². The van der Waals surface area contributed by atoms with Crippen LogP contribution in [0.15, 0.2) is 36.4 Å². The molecule has 0 atom stereocenters. The molecule has 7 nitrogen and oxygen atoms in total. The number of alkyl halides is 6. The van der Waals surface area contributed by atoms with Crippen molar-refractivity contribution in [3.8, 4) is 16.5 Å². The second-order valence-corrected chi connectivity index (χ2v) is 13.4. The van der Waals surface area contributed by atoms with Crippen molar-refractivity contribution in [3.63, 3.8) is 0 Å². The molecule has 1 saturated heterocycles. The normalized spacial score (nSPS) is 15.5. The first-order chi connectivity index (χ1) is 22.7. The average Bonchev–Trinajstić information content (AvgIpc) is 3.39. The molecule has 1 fully saturated rings. The molecule has 1 aliphatic rings. The van der Waals surface area contributed by atoms with E-state index >= 15 is 0 Å². The first-order valence-corrected chi connectivity index (χ1v) is 16.0. The number of hydrogen-bond donors (Lipinski definition) is 2. The van der Waals surface area contributed by atoms with E-state index in [4.69, 9.17) is 4.74 Å². The summed E-state index contributed by atoms with van der Waals surface area (Å²) >= 11 is 1.05. The lowest BCUT2D eigenvalue weighted by atomic mass is 9.79. The van der Waals surface area contributed by atoms with Gasteiger partial charge in [-0.15, -0.1) is 11.3 Å². The zero-order valence-electron chi connectivity index (χ0n) is 27.0. The Morgan fingerprint density at radius 3 is 2.10 bits per heavy atom. The Labute approximate surface area is 282 Å². The molecule has 0 spiro atoms. The number of nitriles is 1. The number of rotatable bonds is 10. The maximum Gasteiger partial charge on any atom is 0.416 e. The summed E-state index contributed by atoms with van der Waals surface area (Å²) in [5.41, 5.74) is -5.99. The summed E-state index contributed by atoms with van der Waals surface area (Å²) < 4.78 is 101. The van der Waals surface area contributed by atoms with Crippen LogP contribution in [0.4, 0.5) is 36.4 Å². The number of benzene rings is 2. The molecule has 1 aliphatic heterocycles. The van der Waals surface area contributed by atoms with Gasteiger partial charge in [-0.05, 0) is 87.6 Å². The summed E-state index contributed by atoms with van der Waals surface area (Å²) in [7, 11) is 0. The molecule has 1 aromatic heterocycles. The number of nitrogens with zero attached hydrogens (tertiary/aromatic N) is 2. The molecule has 0 bridgehead atoms. The van der Waals surface area contributed by atoms with Gasteiger partial charge in [-0.3, -0.25) is 14.5 Å². The van der Waals surface area contributed by atoms with Gasteiger partial charge in [-0.2, -0.15) is 31.6 Å². The van der Waals surface area contributed by atoms with Crippen molar-refractivity contribution in [1.29, 1.82) is 5.26 Å². The number of thiophene rings is 1. The molecule has 2 heterocycles. The van der Waals surface area contributed by atoms with E-state index in [1.807, 2.05) is 0 Å². The third-order valence-corrected chi connectivity index (χ3v) is 10.1. The molecule has 3 aromatic rings. The molecule has 4 rings (SSSR count). The van der Waals surface area contributed by atoms with Gasteiger partial charge in [-0.25, -0.2) is 4.39 Å². The van der Waals surface area contributed by atoms with Crippen molar-refractivity contribution < 1.29 is 50.2 Å². The highest BCUT2D eigenvalue weighted by Gasteiger charge is 2.42.